The van der Waals surface area contributed by atoms with E-state index in [1.807, 2.05) is 30.3 Å². The van der Waals surface area contributed by atoms with Crippen LogP contribution < -0.4 is 5.32 Å². The molecule has 3 aromatic rings. The van der Waals surface area contributed by atoms with Gasteiger partial charge in [0.15, 0.2) is 5.76 Å². The van der Waals surface area contributed by atoms with E-state index in [9.17, 15) is 4.79 Å². The van der Waals surface area contributed by atoms with Crippen molar-refractivity contribution >= 4 is 11.6 Å². The monoisotopic (exact) mass is 377 g/mol. The highest BCUT2D eigenvalue weighted by Gasteiger charge is 2.23. The van der Waals surface area contributed by atoms with Crippen molar-refractivity contribution in [2.45, 2.75) is 12.8 Å². The number of oxime groups is 1. The number of hydrogen-bond acceptors (Lipinski definition) is 6. The van der Waals surface area contributed by atoms with Crippen molar-refractivity contribution in [3.63, 3.8) is 0 Å². The van der Waals surface area contributed by atoms with Crippen LogP contribution in [-0.2, 0) is 6.42 Å². The molecule has 0 spiro atoms. The molecule has 7 heteroatoms. The van der Waals surface area contributed by atoms with Crippen LogP contribution in [0.15, 0.2) is 58.4 Å². The molecule has 2 aromatic heterocycles. The van der Waals surface area contributed by atoms with Gasteiger partial charge in [0.05, 0.1) is 12.3 Å². The highest BCUT2D eigenvalue weighted by atomic mass is 16.4. The maximum absolute atomic E-state index is 12.3. The third kappa shape index (κ3) is 3.27. The van der Waals surface area contributed by atoms with E-state index in [4.69, 9.17) is 14.7 Å². The fourth-order valence-corrected chi connectivity index (χ4v) is 3.43. The molecule has 0 fully saturated rings. The summed E-state index contributed by atoms with van der Waals surface area (Å²) in [4.78, 5) is 16.4. The molecule has 0 saturated heterocycles. The lowest BCUT2D eigenvalue weighted by molar-refractivity contribution is 0.0918. The van der Waals surface area contributed by atoms with Gasteiger partial charge in [0.25, 0.3) is 5.91 Å². The summed E-state index contributed by atoms with van der Waals surface area (Å²) < 4.78 is 5.93. The van der Waals surface area contributed by atoms with Gasteiger partial charge in [0.1, 0.15) is 5.76 Å². The molecule has 0 atom stereocenters. The number of hydrogen-bond donors (Lipinski definition) is 3. The molecule has 1 aliphatic carbocycles. The summed E-state index contributed by atoms with van der Waals surface area (Å²) in [6.07, 6.45) is 4.85. The molecule has 1 aromatic carbocycles. The predicted octanol–water partition coefficient (Wildman–Crippen LogP) is 2.86. The third-order valence-electron chi connectivity index (χ3n) is 4.77. The average Bonchev–Trinajstić information content (AvgIpc) is 3.36. The maximum atomic E-state index is 12.3. The average molecular weight is 377 g/mol. The van der Waals surface area contributed by atoms with Gasteiger partial charge in [-0.1, -0.05) is 17.3 Å². The van der Waals surface area contributed by atoms with Gasteiger partial charge in [-0.3, -0.25) is 9.78 Å². The first kappa shape index (κ1) is 17.9. The molecule has 1 aliphatic rings. The quantitative estimate of drug-likeness (QED) is 0.468. The molecule has 142 valence electrons. The van der Waals surface area contributed by atoms with Crippen LogP contribution in [0.25, 0.3) is 22.5 Å². The lowest BCUT2D eigenvalue weighted by atomic mass is 9.99. The van der Waals surface area contributed by atoms with Crippen molar-refractivity contribution in [2.24, 2.45) is 5.16 Å². The molecular weight excluding hydrogens is 358 g/mol. The minimum Gasteiger partial charge on any atom is -0.450 e. The first-order chi connectivity index (χ1) is 13.7. The van der Waals surface area contributed by atoms with Gasteiger partial charge in [-0.2, -0.15) is 0 Å². The Hall–Kier alpha value is -3.45. The zero-order valence-corrected chi connectivity index (χ0v) is 15.1. The third-order valence-corrected chi connectivity index (χ3v) is 4.77. The van der Waals surface area contributed by atoms with Crippen molar-refractivity contribution in [1.29, 1.82) is 0 Å². The van der Waals surface area contributed by atoms with Crippen LogP contribution in [0.2, 0.25) is 0 Å². The van der Waals surface area contributed by atoms with Gasteiger partial charge in [0.2, 0.25) is 0 Å². The molecule has 0 saturated carbocycles. The van der Waals surface area contributed by atoms with Crippen molar-refractivity contribution in [1.82, 2.24) is 10.3 Å². The van der Waals surface area contributed by atoms with Gasteiger partial charge < -0.3 is 20.0 Å². The van der Waals surface area contributed by atoms with Crippen LogP contribution >= 0.6 is 0 Å². The van der Waals surface area contributed by atoms with Gasteiger partial charge in [0, 0.05) is 35.6 Å². The minimum absolute atomic E-state index is 0.143. The lowest BCUT2D eigenvalue weighted by Crippen LogP contribution is -2.25. The van der Waals surface area contributed by atoms with E-state index in [0.717, 1.165) is 34.2 Å². The zero-order chi connectivity index (χ0) is 19.5. The summed E-state index contributed by atoms with van der Waals surface area (Å²) in [5, 5.41) is 24.0. The normalized spacial score (nSPS) is 14.2. The number of furan rings is 1. The van der Waals surface area contributed by atoms with E-state index < -0.39 is 0 Å². The Balaban J connectivity index is 1.79. The zero-order valence-electron chi connectivity index (χ0n) is 15.1. The molecule has 0 aliphatic heterocycles. The Kier molecular flexibility index (Phi) is 4.90. The fourth-order valence-electron chi connectivity index (χ4n) is 3.43. The number of fused-ring (bicyclic) bond motifs is 1. The highest BCUT2D eigenvalue weighted by Crippen LogP contribution is 2.37. The van der Waals surface area contributed by atoms with E-state index in [2.05, 4.69) is 15.5 Å². The Bertz CT molecular complexity index is 1040. The van der Waals surface area contributed by atoms with E-state index >= 15 is 0 Å². The van der Waals surface area contributed by atoms with E-state index in [1.165, 1.54) is 0 Å². The number of nitrogens with one attached hydrogen (secondary N) is 1. The summed E-state index contributed by atoms with van der Waals surface area (Å²) in [7, 11) is 0. The van der Waals surface area contributed by atoms with Crippen LogP contribution in [-0.4, -0.2) is 40.1 Å². The van der Waals surface area contributed by atoms with Crippen LogP contribution in [0.1, 0.15) is 28.1 Å². The maximum Gasteiger partial charge on any atom is 0.287 e. The molecule has 0 radical (unpaired) electrons. The Morgan fingerprint density at radius 3 is 2.68 bits per heavy atom. The number of carbonyl (C=O) groups is 1. The van der Waals surface area contributed by atoms with E-state index in [-0.39, 0.29) is 24.8 Å². The van der Waals surface area contributed by atoms with Crippen LogP contribution in [0, 0.1) is 0 Å². The number of pyridine rings is 1. The number of aryl methyl sites for hydroxylation is 1. The fraction of sp³-hybridized carbons (Fsp3) is 0.190. The summed E-state index contributed by atoms with van der Waals surface area (Å²) in [6, 6.07) is 11.2. The summed E-state index contributed by atoms with van der Waals surface area (Å²) in [5.74, 6) is 0.373. The topological polar surface area (TPSA) is 108 Å². The van der Waals surface area contributed by atoms with Gasteiger partial charge in [-0.25, -0.2) is 0 Å². The van der Waals surface area contributed by atoms with Crippen LogP contribution in [0.5, 0.6) is 0 Å². The van der Waals surface area contributed by atoms with Crippen molar-refractivity contribution in [2.75, 3.05) is 13.2 Å². The summed E-state index contributed by atoms with van der Waals surface area (Å²) in [5.41, 5.74) is 5.20. The molecule has 2 heterocycles. The Morgan fingerprint density at radius 1 is 1.11 bits per heavy atom. The second-order valence-corrected chi connectivity index (χ2v) is 6.49. The number of carbonyl (C=O) groups excluding carboxylic acids is 1. The standard InChI is InChI=1S/C21H19N3O4/c25-10-9-23-21(26)19-12-17(13-5-7-22-8-6-13)20(28-19)15-1-3-16-14(11-15)2-4-18(16)24-27/h1,3,5-8,11-12,25,27H,2,4,9-10H2,(H,23,26)/b24-18+. The van der Waals surface area contributed by atoms with E-state index in [0.29, 0.717) is 17.9 Å². The number of aliphatic hydroxyl groups excluding tert-OH is 1. The minimum atomic E-state index is -0.383. The van der Waals surface area contributed by atoms with Crippen LogP contribution in [0.3, 0.4) is 0 Å². The Labute approximate surface area is 161 Å². The smallest absolute Gasteiger partial charge is 0.287 e. The number of rotatable bonds is 5. The second kappa shape index (κ2) is 7.66. The molecule has 28 heavy (non-hydrogen) atoms. The van der Waals surface area contributed by atoms with Crippen molar-refractivity contribution < 1.29 is 19.5 Å². The molecule has 7 nitrogen and oxygen atoms in total. The number of aromatic nitrogens is 1. The van der Waals surface area contributed by atoms with Gasteiger partial charge in [-0.05, 0) is 48.2 Å². The van der Waals surface area contributed by atoms with Crippen molar-refractivity contribution in [3.8, 4) is 22.5 Å². The predicted molar refractivity (Wildman–Crippen MR) is 103 cm³/mol. The van der Waals surface area contributed by atoms with Crippen LogP contribution in [0.4, 0.5) is 0 Å². The molecule has 4 rings (SSSR count). The number of aliphatic hydroxyl groups is 1. The molecule has 1 amide bonds. The number of amides is 1. The summed E-state index contributed by atoms with van der Waals surface area (Å²) in [6.45, 7) is 0.0116. The molecular formula is C21H19N3O4. The molecule has 3 N–H and O–H groups in total. The number of nitrogens with zero attached hydrogens (tertiary/aromatic N) is 2. The van der Waals surface area contributed by atoms with Gasteiger partial charge >= 0.3 is 0 Å². The van der Waals surface area contributed by atoms with E-state index in [1.54, 1.807) is 18.5 Å². The Morgan fingerprint density at radius 2 is 1.93 bits per heavy atom. The first-order valence-corrected chi connectivity index (χ1v) is 8.99. The summed E-state index contributed by atoms with van der Waals surface area (Å²) >= 11 is 0. The van der Waals surface area contributed by atoms with Gasteiger partial charge in [-0.15, -0.1) is 0 Å². The SMILES string of the molecule is O=C(NCCO)c1cc(-c2ccncc2)c(-c2ccc3c(c2)CC/C3=N\O)o1. The highest BCUT2D eigenvalue weighted by molar-refractivity contribution is 6.04. The second-order valence-electron chi connectivity index (χ2n) is 6.49. The van der Waals surface area contributed by atoms with Crippen molar-refractivity contribution in [3.05, 3.63) is 65.7 Å². The number of benzene rings is 1. The largest absolute Gasteiger partial charge is 0.450 e. The first-order valence-electron chi connectivity index (χ1n) is 8.99. The molecule has 0 bridgehead atoms. The molecule has 0 unspecified atom stereocenters. The lowest BCUT2D eigenvalue weighted by Gasteiger charge is -2.06.